The minimum Gasteiger partial charge on any atom is -0.496 e. The molecule has 2 rings (SSSR count). The van der Waals surface area contributed by atoms with E-state index in [1.807, 2.05) is 0 Å². The summed E-state index contributed by atoms with van der Waals surface area (Å²) in [6.45, 7) is 2.09. The number of fused-ring (bicyclic) bond motifs is 1. The second-order valence-electron chi connectivity index (χ2n) is 4.09. The fraction of sp³-hybridized carbons (Fsp3) is 0.500. The number of benzene rings is 1. The summed E-state index contributed by atoms with van der Waals surface area (Å²) in [5.41, 5.74) is 9.98. The van der Waals surface area contributed by atoms with Crippen LogP contribution in [0, 0.1) is 6.92 Å². The van der Waals surface area contributed by atoms with Gasteiger partial charge >= 0.3 is 0 Å². The highest BCUT2D eigenvalue weighted by atomic mass is 35.5. The van der Waals surface area contributed by atoms with Gasteiger partial charge in [-0.25, -0.2) is 0 Å². The Bertz CT molecular complexity index is 352. The highest BCUT2D eigenvalue weighted by Crippen LogP contribution is 2.28. The van der Waals surface area contributed by atoms with Crippen molar-refractivity contribution in [3.05, 3.63) is 28.8 Å². The first kappa shape index (κ1) is 12.3. The molecule has 0 saturated heterocycles. The zero-order valence-corrected chi connectivity index (χ0v) is 10.1. The van der Waals surface area contributed by atoms with Crippen LogP contribution in [0.3, 0.4) is 0 Å². The van der Waals surface area contributed by atoms with Gasteiger partial charge in [0, 0.05) is 6.04 Å². The molecule has 84 valence electrons. The highest BCUT2D eigenvalue weighted by molar-refractivity contribution is 5.85. The molecule has 2 nitrogen and oxygen atoms in total. The largest absolute Gasteiger partial charge is 0.496 e. The lowest BCUT2D eigenvalue weighted by atomic mass is 9.87. The van der Waals surface area contributed by atoms with Crippen molar-refractivity contribution in [2.24, 2.45) is 5.73 Å². The Balaban J connectivity index is 0.00000112. The summed E-state index contributed by atoms with van der Waals surface area (Å²) < 4.78 is 5.31. The molecule has 15 heavy (non-hydrogen) atoms. The lowest BCUT2D eigenvalue weighted by Gasteiger charge is -2.22. The molecule has 0 radical (unpaired) electrons. The molecule has 1 aromatic carbocycles. The smallest absolute Gasteiger partial charge is 0.122 e. The molecular weight excluding hydrogens is 210 g/mol. The van der Waals surface area contributed by atoms with Gasteiger partial charge in [-0.1, -0.05) is 6.07 Å². The van der Waals surface area contributed by atoms with E-state index >= 15 is 0 Å². The molecule has 0 aliphatic heterocycles. The molecule has 1 unspecified atom stereocenters. The minimum absolute atomic E-state index is 0. The van der Waals surface area contributed by atoms with Gasteiger partial charge in [-0.3, -0.25) is 0 Å². The maximum absolute atomic E-state index is 5.94. The molecule has 0 heterocycles. The summed E-state index contributed by atoms with van der Waals surface area (Å²) in [6, 6.07) is 4.71. The van der Waals surface area contributed by atoms with Gasteiger partial charge in [-0.15, -0.1) is 12.4 Å². The van der Waals surface area contributed by atoms with Crippen molar-refractivity contribution >= 4 is 12.4 Å². The topological polar surface area (TPSA) is 35.2 Å². The van der Waals surface area contributed by atoms with E-state index < -0.39 is 0 Å². The minimum atomic E-state index is 0. The number of hydrogen-bond donors (Lipinski definition) is 1. The van der Waals surface area contributed by atoms with Crippen LogP contribution in [0.25, 0.3) is 0 Å². The van der Waals surface area contributed by atoms with Gasteiger partial charge in [-0.05, 0) is 48.9 Å². The van der Waals surface area contributed by atoms with Gasteiger partial charge in [0.1, 0.15) is 5.75 Å². The van der Waals surface area contributed by atoms with Crippen molar-refractivity contribution in [2.45, 2.75) is 32.2 Å². The van der Waals surface area contributed by atoms with Crippen molar-refractivity contribution in [1.29, 1.82) is 0 Å². The highest BCUT2D eigenvalue weighted by Gasteiger charge is 2.16. The third-order valence-corrected chi connectivity index (χ3v) is 2.98. The maximum Gasteiger partial charge on any atom is 0.122 e. The summed E-state index contributed by atoms with van der Waals surface area (Å²) in [4.78, 5) is 0. The average molecular weight is 228 g/mol. The van der Waals surface area contributed by atoms with Gasteiger partial charge in [0.15, 0.2) is 0 Å². The lowest BCUT2D eigenvalue weighted by Crippen LogP contribution is -2.27. The zero-order valence-electron chi connectivity index (χ0n) is 9.25. The van der Waals surface area contributed by atoms with Crippen LogP contribution in [-0.4, -0.2) is 13.2 Å². The maximum atomic E-state index is 5.94. The van der Waals surface area contributed by atoms with Gasteiger partial charge in [0.05, 0.1) is 7.11 Å². The van der Waals surface area contributed by atoms with Crippen LogP contribution in [0.1, 0.15) is 23.1 Å². The second kappa shape index (κ2) is 4.86. The predicted octanol–water partition coefficient (Wildman–Crippen LogP) is 2.24. The molecule has 1 aromatic rings. The quantitative estimate of drug-likeness (QED) is 0.799. The van der Waals surface area contributed by atoms with Crippen molar-refractivity contribution in [3.63, 3.8) is 0 Å². The third kappa shape index (κ3) is 2.44. The van der Waals surface area contributed by atoms with Crippen LogP contribution in [0.2, 0.25) is 0 Å². The number of methoxy groups -OCH3 is 1. The summed E-state index contributed by atoms with van der Waals surface area (Å²) in [5.74, 6) is 0.984. The Labute approximate surface area is 97.2 Å². The van der Waals surface area contributed by atoms with Gasteiger partial charge in [-0.2, -0.15) is 0 Å². The summed E-state index contributed by atoms with van der Waals surface area (Å²) in [6.07, 6.45) is 3.21. The normalized spacial score (nSPS) is 19.0. The number of halogens is 1. The van der Waals surface area contributed by atoms with E-state index in [-0.39, 0.29) is 12.4 Å². The standard InChI is InChI=1S/C12H17NO.ClH/c1-8-5-9-3-4-11(13)6-10(9)7-12(8)14-2;/h5,7,11H,3-4,6,13H2,1-2H3;1H. The Morgan fingerprint density at radius 1 is 1.33 bits per heavy atom. The number of ether oxygens (including phenoxy) is 1. The molecule has 2 N–H and O–H groups in total. The first-order chi connectivity index (χ1) is 6.70. The van der Waals surface area contributed by atoms with Gasteiger partial charge in [0.25, 0.3) is 0 Å². The van der Waals surface area contributed by atoms with Gasteiger partial charge < -0.3 is 10.5 Å². The molecule has 0 bridgehead atoms. The van der Waals surface area contributed by atoms with Crippen LogP contribution in [0.4, 0.5) is 0 Å². The molecule has 1 atom stereocenters. The molecule has 1 aliphatic rings. The molecule has 0 fully saturated rings. The first-order valence-corrected chi connectivity index (χ1v) is 5.12. The van der Waals surface area contributed by atoms with Crippen molar-refractivity contribution in [2.75, 3.05) is 7.11 Å². The Morgan fingerprint density at radius 3 is 2.73 bits per heavy atom. The average Bonchev–Trinajstić information content (AvgIpc) is 2.17. The SMILES string of the molecule is COc1cc2c(cc1C)CCC(N)C2.Cl. The van der Waals surface area contributed by atoms with Crippen molar-refractivity contribution < 1.29 is 4.74 Å². The van der Waals surface area contributed by atoms with E-state index in [1.54, 1.807) is 7.11 Å². The van der Waals surface area contributed by atoms with Crippen LogP contribution in [0.5, 0.6) is 5.75 Å². The van der Waals surface area contributed by atoms with Crippen molar-refractivity contribution in [3.8, 4) is 5.75 Å². The lowest BCUT2D eigenvalue weighted by molar-refractivity contribution is 0.410. The van der Waals surface area contributed by atoms with E-state index in [0.717, 1.165) is 25.0 Å². The van der Waals surface area contributed by atoms with Crippen LogP contribution >= 0.6 is 12.4 Å². The Hall–Kier alpha value is -0.730. The number of aryl methyl sites for hydroxylation is 2. The first-order valence-electron chi connectivity index (χ1n) is 5.12. The predicted molar refractivity (Wildman–Crippen MR) is 65.0 cm³/mol. The van der Waals surface area contributed by atoms with Crippen LogP contribution in [-0.2, 0) is 12.8 Å². The molecular formula is C12H18ClNO. The van der Waals surface area contributed by atoms with Crippen LogP contribution < -0.4 is 10.5 Å². The van der Waals surface area contributed by atoms with E-state index in [9.17, 15) is 0 Å². The number of hydrogen-bond acceptors (Lipinski definition) is 2. The molecule has 0 amide bonds. The Kier molecular flexibility index (Phi) is 4.00. The molecule has 0 aromatic heterocycles. The monoisotopic (exact) mass is 227 g/mol. The van der Waals surface area contributed by atoms with Crippen molar-refractivity contribution in [1.82, 2.24) is 0 Å². The summed E-state index contributed by atoms with van der Waals surface area (Å²) in [5, 5.41) is 0. The third-order valence-electron chi connectivity index (χ3n) is 2.98. The van der Waals surface area contributed by atoms with Gasteiger partial charge in [0.2, 0.25) is 0 Å². The molecule has 0 saturated carbocycles. The van der Waals surface area contributed by atoms with E-state index in [2.05, 4.69) is 19.1 Å². The van der Waals surface area contributed by atoms with Crippen LogP contribution in [0.15, 0.2) is 12.1 Å². The summed E-state index contributed by atoms with van der Waals surface area (Å²) >= 11 is 0. The van der Waals surface area contributed by atoms with E-state index in [4.69, 9.17) is 10.5 Å². The molecule has 0 spiro atoms. The molecule has 1 aliphatic carbocycles. The fourth-order valence-corrected chi connectivity index (χ4v) is 2.16. The Morgan fingerprint density at radius 2 is 2.07 bits per heavy atom. The summed E-state index contributed by atoms with van der Waals surface area (Å²) in [7, 11) is 1.72. The van der Waals surface area contributed by atoms with E-state index in [1.165, 1.54) is 16.7 Å². The second-order valence-corrected chi connectivity index (χ2v) is 4.09. The number of rotatable bonds is 1. The zero-order chi connectivity index (χ0) is 10.1. The van der Waals surface area contributed by atoms with E-state index in [0.29, 0.717) is 6.04 Å². The number of nitrogens with two attached hydrogens (primary N) is 1. The molecule has 3 heteroatoms. The fourth-order valence-electron chi connectivity index (χ4n) is 2.16.